The number of hydrogen-bond acceptors (Lipinski definition) is 6. The van der Waals surface area contributed by atoms with Crippen molar-refractivity contribution in [1.82, 2.24) is 10.2 Å². The van der Waals surface area contributed by atoms with Crippen molar-refractivity contribution in [1.29, 1.82) is 0 Å². The molecule has 2 N–H and O–H groups in total. The monoisotopic (exact) mass is 355 g/mol. The largest absolute Gasteiger partial charge is 0.493 e. The van der Waals surface area contributed by atoms with E-state index < -0.39 is 5.91 Å². The fourth-order valence-electron chi connectivity index (χ4n) is 2.63. The number of carbonyl (C=O) groups excluding carboxylic acids is 1. The van der Waals surface area contributed by atoms with Crippen LogP contribution in [0.3, 0.4) is 0 Å². The van der Waals surface area contributed by atoms with Crippen molar-refractivity contribution in [2.75, 3.05) is 26.6 Å². The molecule has 3 aromatic rings. The molecule has 8 heteroatoms. The van der Waals surface area contributed by atoms with E-state index >= 15 is 0 Å². The van der Waals surface area contributed by atoms with Gasteiger partial charge in [-0.3, -0.25) is 9.59 Å². The van der Waals surface area contributed by atoms with Crippen LogP contribution in [-0.2, 0) is 0 Å². The van der Waals surface area contributed by atoms with E-state index in [2.05, 4.69) is 15.5 Å². The molecule has 0 atom stereocenters. The van der Waals surface area contributed by atoms with Gasteiger partial charge >= 0.3 is 0 Å². The third-order valence-corrected chi connectivity index (χ3v) is 3.83. The Bertz CT molecular complexity index is 1000. The summed E-state index contributed by atoms with van der Waals surface area (Å²) in [6, 6.07) is 9.96. The van der Waals surface area contributed by atoms with E-state index in [0.717, 1.165) is 0 Å². The van der Waals surface area contributed by atoms with Gasteiger partial charge in [0, 0.05) is 23.2 Å². The summed E-state index contributed by atoms with van der Waals surface area (Å²) in [6.07, 6.45) is 0. The van der Waals surface area contributed by atoms with Gasteiger partial charge in [-0.25, -0.2) is 5.10 Å². The summed E-state index contributed by atoms with van der Waals surface area (Å²) in [5.74, 6) is 0.746. The highest BCUT2D eigenvalue weighted by atomic mass is 16.5. The Morgan fingerprint density at radius 2 is 1.62 bits per heavy atom. The molecule has 0 bridgehead atoms. The number of ether oxygens (including phenoxy) is 3. The molecule has 3 rings (SSSR count). The molecule has 0 aliphatic carbocycles. The van der Waals surface area contributed by atoms with Crippen molar-refractivity contribution < 1.29 is 19.0 Å². The van der Waals surface area contributed by atoms with Crippen molar-refractivity contribution in [3.63, 3.8) is 0 Å². The molecule has 0 aliphatic heterocycles. The van der Waals surface area contributed by atoms with Crippen LogP contribution >= 0.6 is 0 Å². The van der Waals surface area contributed by atoms with E-state index in [-0.39, 0.29) is 11.3 Å². The number of carbonyl (C=O) groups is 1. The average Bonchev–Trinajstić information content (AvgIpc) is 2.67. The zero-order valence-corrected chi connectivity index (χ0v) is 14.5. The lowest BCUT2D eigenvalue weighted by Gasteiger charge is -2.14. The summed E-state index contributed by atoms with van der Waals surface area (Å²) in [4.78, 5) is 24.5. The minimum atomic E-state index is -0.480. The van der Waals surface area contributed by atoms with Gasteiger partial charge in [0.15, 0.2) is 17.2 Å². The molecule has 1 heterocycles. The minimum Gasteiger partial charge on any atom is -0.493 e. The van der Waals surface area contributed by atoms with Gasteiger partial charge in [0.25, 0.3) is 11.5 Å². The molecule has 0 spiro atoms. The van der Waals surface area contributed by atoms with Crippen LogP contribution in [-0.4, -0.2) is 37.4 Å². The first-order valence-electron chi connectivity index (χ1n) is 7.67. The molecular formula is C18H17N3O5. The lowest BCUT2D eigenvalue weighted by Crippen LogP contribution is -2.19. The molecule has 2 aromatic carbocycles. The van der Waals surface area contributed by atoms with Crippen LogP contribution in [0.4, 0.5) is 5.69 Å². The first-order chi connectivity index (χ1) is 12.6. The van der Waals surface area contributed by atoms with Gasteiger partial charge in [-0.1, -0.05) is 18.2 Å². The SMILES string of the molecule is COc1cc(NC(=O)c2n[nH]c(=O)c3ccccc23)cc(OC)c1OC. The Morgan fingerprint density at radius 1 is 1.00 bits per heavy atom. The zero-order chi connectivity index (χ0) is 18.7. The number of benzene rings is 2. The van der Waals surface area contributed by atoms with Gasteiger partial charge in [0.05, 0.1) is 26.7 Å². The third-order valence-electron chi connectivity index (χ3n) is 3.83. The van der Waals surface area contributed by atoms with E-state index in [1.165, 1.54) is 21.3 Å². The molecule has 1 aromatic heterocycles. The molecule has 0 saturated heterocycles. The quantitative estimate of drug-likeness (QED) is 0.727. The van der Waals surface area contributed by atoms with Crippen molar-refractivity contribution >= 4 is 22.4 Å². The standard InChI is InChI=1S/C18H17N3O5/c1-24-13-8-10(9-14(25-2)16(13)26-3)19-18(23)15-11-6-4-5-7-12(11)17(22)21-20-15/h4-9H,1-3H3,(H,19,23)(H,21,22). The van der Waals surface area contributed by atoms with Crippen LogP contribution in [0.15, 0.2) is 41.2 Å². The number of methoxy groups -OCH3 is 3. The number of anilines is 1. The summed E-state index contributed by atoms with van der Waals surface area (Å²) < 4.78 is 15.8. The van der Waals surface area contributed by atoms with Gasteiger partial charge < -0.3 is 19.5 Å². The van der Waals surface area contributed by atoms with Crippen molar-refractivity contribution in [3.05, 3.63) is 52.4 Å². The molecule has 134 valence electrons. The van der Waals surface area contributed by atoms with Gasteiger partial charge in [-0.05, 0) is 6.07 Å². The third kappa shape index (κ3) is 3.04. The molecule has 8 nitrogen and oxygen atoms in total. The van der Waals surface area contributed by atoms with Crippen molar-refractivity contribution in [3.8, 4) is 17.2 Å². The Kier molecular flexibility index (Phi) is 4.74. The highest BCUT2D eigenvalue weighted by Crippen LogP contribution is 2.40. The van der Waals surface area contributed by atoms with Gasteiger partial charge in [0.1, 0.15) is 0 Å². The minimum absolute atomic E-state index is 0.106. The zero-order valence-electron chi connectivity index (χ0n) is 14.5. The van der Waals surface area contributed by atoms with Crippen LogP contribution in [0.1, 0.15) is 10.5 Å². The van der Waals surface area contributed by atoms with Gasteiger partial charge in [-0.15, -0.1) is 0 Å². The van der Waals surface area contributed by atoms with E-state index in [4.69, 9.17) is 14.2 Å². The summed E-state index contributed by atoms with van der Waals surface area (Å²) in [5, 5.41) is 9.80. The van der Waals surface area contributed by atoms with E-state index in [0.29, 0.717) is 33.7 Å². The second-order valence-corrected chi connectivity index (χ2v) is 5.32. The number of aromatic amines is 1. The Labute approximate surface area is 148 Å². The van der Waals surface area contributed by atoms with E-state index in [1.807, 2.05) is 0 Å². The maximum atomic E-state index is 12.7. The topological polar surface area (TPSA) is 103 Å². The summed E-state index contributed by atoms with van der Waals surface area (Å²) >= 11 is 0. The molecule has 0 aliphatic rings. The number of nitrogens with zero attached hydrogens (tertiary/aromatic N) is 1. The number of nitrogens with one attached hydrogen (secondary N) is 2. The lowest BCUT2D eigenvalue weighted by molar-refractivity contribution is 0.102. The molecule has 26 heavy (non-hydrogen) atoms. The second-order valence-electron chi connectivity index (χ2n) is 5.32. The summed E-state index contributed by atoms with van der Waals surface area (Å²) in [5.41, 5.74) is 0.181. The maximum absolute atomic E-state index is 12.7. The van der Waals surface area contributed by atoms with Gasteiger partial charge in [0.2, 0.25) is 5.75 Å². The highest BCUT2D eigenvalue weighted by Gasteiger charge is 2.17. The number of aromatic nitrogens is 2. The smallest absolute Gasteiger partial charge is 0.276 e. The predicted octanol–water partition coefficient (Wildman–Crippen LogP) is 2.20. The van der Waals surface area contributed by atoms with Crippen molar-refractivity contribution in [2.45, 2.75) is 0 Å². The fraction of sp³-hybridized carbons (Fsp3) is 0.167. The number of fused-ring (bicyclic) bond motifs is 1. The number of rotatable bonds is 5. The van der Waals surface area contributed by atoms with Crippen LogP contribution in [0.5, 0.6) is 17.2 Å². The Balaban J connectivity index is 2.01. The molecule has 0 fully saturated rings. The molecule has 1 amide bonds. The second kappa shape index (κ2) is 7.14. The van der Waals surface area contributed by atoms with Gasteiger partial charge in [-0.2, -0.15) is 5.10 Å². The number of hydrogen-bond donors (Lipinski definition) is 2. The first-order valence-corrected chi connectivity index (χ1v) is 7.67. The maximum Gasteiger partial charge on any atom is 0.276 e. The molecule has 0 saturated carbocycles. The summed E-state index contributed by atoms with van der Waals surface area (Å²) in [6.45, 7) is 0. The normalized spacial score (nSPS) is 10.4. The number of H-pyrrole nitrogens is 1. The first kappa shape index (κ1) is 17.3. The summed E-state index contributed by atoms with van der Waals surface area (Å²) in [7, 11) is 4.47. The van der Waals surface area contributed by atoms with Crippen LogP contribution in [0, 0.1) is 0 Å². The van der Waals surface area contributed by atoms with Crippen molar-refractivity contribution in [2.24, 2.45) is 0 Å². The molecule has 0 radical (unpaired) electrons. The van der Waals surface area contributed by atoms with E-state index in [9.17, 15) is 9.59 Å². The average molecular weight is 355 g/mol. The highest BCUT2D eigenvalue weighted by molar-refractivity contribution is 6.11. The Morgan fingerprint density at radius 3 is 2.19 bits per heavy atom. The van der Waals surface area contributed by atoms with Crippen LogP contribution in [0.25, 0.3) is 10.8 Å². The van der Waals surface area contributed by atoms with E-state index in [1.54, 1.807) is 36.4 Å². The fourth-order valence-corrected chi connectivity index (χ4v) is 2.63. The Hall–Kier alpha value is -3.55. The number of amides is 1. The lowest BCUT2D eigenvalue weighted by atomic mass is 10.1. The molecule has 0 unspecified atom stereocenters. The molecular weight excluding hydrogens is 338 g/mol. The van der Waals surface area contributed by atoms with Crippen LogP contribution < -0.4 is 25.1 Å². The van der Waals surface area contributed by atoms with Crippen LogP contribution in [0.2, 0.25) is 0 Å². The predicted molar refractivity (Wildman–Crippen MR) is 96.4 cm³/mol.